The molecule has 0 spiro atoms. The zero-order valence-corrected chi connectivity index (χ0v) is 9.91. The fourth-order valence-corrected chi connectivity index (χ4v) is 2.50. The van der Waals surface area contributed by atoms with Crippen molar-refractivity contribution in [1.82, 2.24) is 4.37 Å². The smallest absolute Gasteiger partial charge is 0.261 e. The van der Waals surface area contributed by atoms with Crippen LogP contribution in [0.5, 0.6) is 0 Å². The van der Waals surface area contributed by atoms with Gasteiger partial charge in [-0.25, -0.2) is 0 Å². The highest BCUT2D eigenvalue weighted by atomic mass is 79.9. The summed E-state index contributed by atoms with van der Waals surface area (Å²) in [5.41, 5.74) is 1.86. The van der Waals surface area contributed by atoms with E-state index < -0.39 is 0 Å². The van der Waals surface area contributed by atoms with E-state index in [-0.39, 0.29) is 5.56 Å². The molecule has 0 bridgehead atoms. The van der Waals surface area contributed by atoms with E-state index in [1.54, 1.807) is 0 Å². The second-order valence-corrected chi connectivity index (χ2v) is 4.73. The van der Waals surface area contributed by atoms with Crippen LogP contribution in [-0.2, 0) is 0 Å². The van der Waals surface area contributed by atoms with Crippen LogP contribution in [0.25, 0.3) is 10.4 Å². The molecule has 4 heteroatoms. The standard InChI is InChI=1S/C10H8BrNOS/c1-6-9(14-12-10(6)13)7-3-2-4-8(11)5-7/h2-5H,1H3,(H,12,13). The molecule has 1 aromatic carbocycles. The first-order chi connectivity index (χ1) is 6.68. The molecule has 1 aromatic heterocycles. The van der Waals surface area contributed by atoms with Gasteiger partial charge in [-0.3, -0.25) is 9.17 Å². The van der Waals surface area contributed by atoms with E-state index in [2.05, 4.69) is 20.3 Å². The number of hydrogen-bond acceptors (Lipinski definition) is 2. The third-order valence-electron chi connectivity index (χ3n) is 2.01. The van der Waals surface area contributed by atoms with Crippen molar-refractivity contribution in [3.05, 3.63) is 44.7 Å². The number of rotatable bonds is 1. The molecule has 0 fully saturated rings. The normalized spacial score (nSPS) is 10.4. The van der Waals surface area contributed by atoms with Crippen molar-refractivity contribution >= 4 is 27.5 Å². The zero-order chi connectivity index (χ0) is 10.1. The van der Waals surface area contributed by atoms with Crippen molar-refractivity contribution in [3.63, 3.8) is 0 Å². The largest absolute Gasteiger partial charge is 0.277 e. The van der Waals surface area contributed by atoms with E-state index in [0.29, 0.717) is 0 Å². The van der Waals surface area contributed by atoms with Crippen molar-refractivity contribution in [1.29, 1.82) is 0 Å². The van der Waals surface area contributed by atoms with Gasteiger partial charge in [-0.1, -0.05) is 39.6 Å². The molecule has 1 heterocycles. The lowest BCUT2D eigenvalue weighted by molar-refractivity contribution is 1.33. The number of nitrogens with one attached hydrogen (secondary N) is 1. The Balaban J connectivity index is 2.60. The van der Waals surface area contributed by atoms with E-state index in [1.807, 2.05) is 31.2 Å². The first-order valence-electron chi connectivity index (χ1n) is 4.12. The van der Waals surface area contributed by atoms with Crippen LogP contribution in [0.2, 0.25) is 0 Å². The van der Waals surface area contributed by atoms with Crippen molar-refractivity contribution in [3.8, 4) is 10.4 Å². The zero-order valence-electron chi connectivity index (χ0n) is 7.50. The van der Waals surface area contributed by atoms with E-state index in [4.69, 9.17) is 0 Å². The van der Waals surface area contributed by atoms with E-state index >= 15 is 0 Å². The molecule has 14 heavy (non-hydrogen) atoms. The van der Waals surface area contributed by atoms with Crippen LogP contribution < -0.4 is 5.56 Å². The molecule has 2 rings (SSSR count). The third kappa shape index (κ3) is 1.67. The highest BCUT2D eigenvalue weighted by Crippen LogP contribution is 2.26. The molecule has 0 aliphatic heterocycles. The molecule has 0 atom stereocenters. The average molecular weight is 270 g/mol. The molecular formula is C10H8BrNOS. The summed E-state index contributed by atoms with van der Waals surface area (Å²) in [7, 11) is 0. The summed E-state index contributed by atoms with van der Waals surface area (Å²) in [5.74, 6) is 0. The lowest BCUT2D eigenvalue weighted by Gasteiger charge is -1.98. The molecule has 0 saturated carbocycles. The topological polar surface area (TPSA) is 32.9 Å². The number of aromatic nitrogens is 1. The van der Waals surface area contributed by atoms with Gasteiger partial charge in [0.25, 0.3) is 5.56 Å². The van der Waals surface area contributed by atoms with Crippen LogP contribution in [0, 0.1) is 6.92 Å². The van der Waals surface area contributed by atoms with Gasteiger partial charge < -0.3 is 0 Å². The summed E-state index contributed by atoms with van der Waals surface area (Å²) in [5, 5.41) is 0. The third-order valence-corrected chi connectivity index (χ3v) is 3.54. The quantitative estimate of drug-likeness (QED) is 0.848. The number of aromatic amines is 1. The van der Waals surface area contributed by atoms with Gasteiger partial charge in [0.1, 0.15) is 0 Å². The minimum atomic E-state index is 0.00461. The first-order valence-corrected chi connectivity index (χ1v) is 5.73. The number of benzene rings is 1. The van der Waals surface area contributed by atoms with Crippen LogP contribution in [-0.4, -0.2) is 4.37 Å². The molecule has 0 unspecified atom stereocenters. The number of hydrogen-bond donors (Lipinski definition) is 1. The lowest BCUT2D eigenvalue weighted by Crippen LogP contribution is -2.00. The van der Waals surface area contributed by atoms with Crippen molar-refractivity contribution in [2.24, 2.45) is 0 Å². The van der Waals surface area contributed by atoms with Crippen molar-refractivity contribution in [2.75, 3.05) is 0 Å². The average Bonchev–Trinajstić information content (AvgIpc) is 2.48. The maximum absolute atomic E-state index is 11.2. The van der Waals surface area contributed by atoms with Gasteiger partial charge in [0.15, 0.2) is 0 Å². The second-order valence-electron chi connectivity index (χ2n) is 3.00. The molecular weight excluding hydrogens is 262 g/mol. The monoisotopic (exact) mass is 269 g/mol. The van der Waals surface area contributed by atoms with E-state index in [0.717, 1.165) is 20.5 Å². The predicted molar refractivity (Wildman–Crippen MR) is 62.8 cm³/mol. The van der Waals surface area contributed by atoms with E-state index in [1.165, 1.54) is 11.5 Å². The van der Waals surface area contributed by atoms with Crippen molar-refractivity contribution in [2.45, 2.75) is 6.92 Å². The van der Waals surface area contributed by atoms with Gasteiger partial charge in [-0.15, -0.1) is 0 Å². The van der Waals surface area contributed by atoms with Crippen LogP contribution >= 0.6 is 27.5 Å². The predicted octanol–water partition coefficient (Wildman–Crippen LogP) is 3.17. The van der Waals surface area contributed by atoms with Crippen LogP contribution in [0.1, 0.15) is 5.56 Å². The highest BCUT2D eigenvalue weighted by Gasteiger charge is 2.07. The number of halogens is 1. The molecule has 2 aromatic rings. The lowest BCUT2D eigenvalue weighted by atomic mass is 10.1. The second kappa shape index (κ2) is 3.71. The molecule has 0 aliphatic carbocycles. The summed E-state index contributed by atoms with van der Waals surface area (Å²) in [4.78, 5) is 12.3. The minimum Gasteiger partial charge on any atom is -0.277 e. The first kappa shape index (κ1) is 9.68. The molecule has 0 radical (unpaired) electrons. The highest BCUT2D eigenvalue weighted by molar-refractivity contribution is 9.10. The fourth-order valence-electron chi connectivity index (χ4n) is 1.26. The molecule has 0 saturated heterocycles. The Morgan fingerprint density at radius 3 is 2.79 bits per heavy atom. The van der Waals surface area contributed by atoms with Crippen molar-refractivity contribution < 1.29 is 0 Å². The molecule has 0 aliphatic rings. The van der Waals surface area contributed by atoms with Crippen LogP contribution in [0.3, 0.4) is 0 Å². The molecule has 1 N–H and O–H groups in total. The fraction of sp³-hybridized carbons (Fsp3) is 0.100. The van der Waals surface area contributed by atoms with Gasteiger partial charge >= 0.3 is 0 Å². The minimum absolute atomic E-state index is 0.00461. The Morgan fingerprint density at radius 1 is 1.43 bits per heavy atom. The Morgan fingerprint density at radius 2 is 2.21 bits per heavy atom. The Labute approximate surface area is 93.9 Å². The van der Waals surface area contributed by atoms with Gasteiger partial charge in [0.05, 0.1) is 4.88 Å². The van der Waals surface area contributed by atoms with Gasteiger partial charge in [-0.05, 0) is 24.6 Å². The molecule has 72 valence electrons. The molecule has 0 amide bonds. The Hall–Kier alpha value is -0.870. The van der Waals surface area contributed by atoms with Gasteiger partial charge in [0, 0.05) is 10.0 Å². The summed E-state index contributed by atoms with van der Waals surface area (Å²) in [6.07, 6.45) is 0. The van der Waals surface area contributed by atoms with Crippen LogP contribution in [0.4, 0.5) is 0 Å². The SMILES string of the molecule is Cc1c(-c2cccc(Br)c2)s[nH]c1=O. The van der Waals surface area contributed by atoms with E-state index in [9.17, 15) is 4.79 Å². The number of H-pyrrole nitrogens is 1. The summed E-state index contributed by atoms with van der Waals surface area (Å²) < 4.78 is 3.75. The summed E-state index contributed by atoms with van der Waals surface area (Å²) in [6, 6.07) is 7.93. The summed E-state index contributed by atoms with van der Waals surface area (Å²) in [6.45, 7) is 1.84. The Bertz CT molecular complexity index is 515. The Kier molecular flexibility index (Phi) is 2.56. The van der Waals surface area contributed by atoms with Gasteiger partial charge in [0.2, 0.25) is 0 Å². The molecule has 2 nitrogen and oxygen atoms in total. The van der Waals surface area contributed by atoms with Gasteiger partial charge in [-0.2, -0.15) is 0 Å². The summed E-state index contributed by atoms with van der Waals surface area (Å²) >= 11 is 4.79. The maximum atomic E-state index is 11.2. The van der Waals surface area contributed by atoms with Crippen LogP contribution in [0.15, 0.2) is 33.5 Å². The maximum Gasteiger partial charge on any atom is 0.261 e.